The predicted molar refractivity (Wildman–Crippen MR) is 75.4 cm³/mol. The van der Waals surface area contributed by atoms with E-state index in [4.69, 9.17) is 4.74 Å². The molecule has 0 aliphatic carbocycles. The van der Waals surface area contributed by atoms with Crippen molar-refractivity contribution in [1.29, 1.82) is 0 Å². The number of ether oxygens (including phenoxy) is 1. The molecule has 0 radical (unpaired) electrons. The Kier molecular flexibility index (Phi) is 4.53. The monoisotopic (exact) mass is 276 g/mol. The third kappa shape index (κ3) is 3.45. The fourth-order valence-electron chi connectivity index (χ4n) is 1.97. The number of anilines is 1. The highest BCUT2D eigenvalue weighted by atomic mass is 19.1. The summed E-state index contributed by atoms with van der Waals surface area (Å²) in [5.74, 6) is 0.198. The Bertz CT molecular complexity index is 552. The molecule has 0 saturated carbocycles. The molecule has 2 N–H and O–H groups in total. The Morgan fingerprint density at radius 3 is 2.70 bits per heavy atom. The summed E-state index contributed by atoms with van der Waals surface area (Å²) in [5.41, 5.74) is 2.24. The van der Waals surface area contributed by atoms with Crippen LogP contribution in [0.1, 0.15) is 17.2 Å². The number of nitrogens with one attached hydrogen (secondary N) is 1. The van der Waals surface area contributed by atoms with Crippen LogP contribution in [0, 0.1) is 12.7 Å². The lowest BCUT2D eigenvalue weighted by molar-refractivity contribution is 0.276. The van der Waals surface area contributed by atoms with Crippen LogP contribution in [0.4, 0.5) is 10.1 Å². The van der Waals surface area contributed by atoms with Crippen molar-refractivity contribution >= 4 is 5.69 Å². The molecule has 0 spiro atoms. The number of nitrogens with zero attached hydrogens (tertiary/aromatic N) is 1. The van der Waals surface area contributed by atoms with Gasteiger partial charge in [0.15, 0.2) is 0 Å². The van der Waals surface area contributed by atoms with Gasteiger partial charge in [-0.25, -0.2) is 9.37 Å². The molecule has 2 rings (SSSR count). The number of hydrogen-bond donors (Lipinski definition) is 2. The van der Waals surface area contributed by atoms with Crippen molar-refractivity contribution in [3.05, 3.63) is 53.5 Å². The zero-order valence-corrected chi connectivity index (χ0v) is 11.4. The number of methoxy groups -OCH3 is 1. The maximum atomic E-state index is 13.4. The summed E-state index contributed by atoms with van der Waals surface area (Å²) >= 11 is 0. The second-order valence-electron chi connectivity index (χ2n) is 4.53. The molecule has 0 aliphatic heterocycles. The van der Waals surface area contributed by atoms with Gasteiger partial charge in [-0.1, -0.05) is 0 Å². The zero-order chi connectivity index (χ0) is 14.5. The second-order valence-corrected chi connectivity index (χ2v) is 4.53. The summed E-state index contributed by atoms with van der Waals surface area (Å²) in [4.78, 5) is 4.10. The number of rotatable bonds is 5. The van der Waals surface area contributed by atoms with Gasteiger partial charge in [-0.05, 0) is 42.3 Å². The van der Waals surface area contributed by atoms with E-state index in [9.17, 15) is 9.50 Å². The summed E-state index contributed by atoms with van der Waals surface area (Å²) in [5, 5.41) is 12.6. The Balaban J connectivity index is 2.19. The highest BCUT2D eigenvalue weighted by Crippen LogP contribution is 2.21. The van der Waals surface area contributed by atoms with Crippen LogP contribution in [0.3, 0.4) is 0 Å². The smallest absolute Gasteiger partial charge is 0.212 e. The van der Waals surface area contributed by atoms with E-state index < -0.39 is 0 Å². The molecule has 0 fully saturated rings. The number of aryl methyl sites for hydroxylation is 1. The van der Waals surface area contributed by atoms with Gasteiger partial charge in [0.1, 0.15) is 5.82 Å². The normalized spacial score (nSPS) is 12.0. The standard InChI is InChI=1S/C15H17FN2O2/c1-10-5-12(16)7-13(6-10)18-14(9-19)11-3-4-15(20-2)17-8-11/h3-8,14,18-19H,9H2,1-2H3. The van der Waals surface area contributed by atoms with Crippen molar-refractivity contribution in [2.75, 3.05) is 19.0 Å². The van der Waals surface area contributed by atoms with Gasteiger partial charge in [0, 0.05) is 18.0 Å². The Morgan fingerprint density at radius 1 is 1.35 bits per heavy atom. The minimum Gasteiger partial charge on any atom is -0.481 e. The summed E-state index contributed by atoms with van der Waals surface area (Å²) in [6, 6.07) is 7.85. The Hall–Kier alpha value is -2.14. The van der Waals surface area contributed by atoms with Gasteiger partial charge in [-0.3, -0.25) is 0 Å². The van der Waals surface area contributed by atoms with E-state index in [1.165, 1.54) is 12.1 Å². The van der Waals surface area contributed by atoms with Crippen LogP contribution >= 0.6 is 0 Å². The number of aromatic nitrogens is 1. The minimum atomic E-state index is -0.352. The largest absolute Gasteiger partial charge is 0.481 e. The lowest BCUT2D eigenvalue weighted by Crippen LogP contribution is -2.15. The average Bonchev–Trinajstić information content (AvgIpc) is 2.44. The fourth-order valence-corrected chi connectivity index (χ4v) is 1.97. The first-order chi connectivity index (χ1) is 9.62. The molecule has 106 valence electrons. The quantitative estimate of drug-likeness (QED) is 0.881. The van der Waals surface area contributed by atoms with E-state index in [0.29, 0.717) is 11.6 Å². The van der Waals surface area contributed by atoms with Crippen molar-refractivity contribution in [2.24, 2.45) is 0 Å². The van der Waals surface area contributed by atoms with Gasteiger partial charge in [0.05, 0.1) is 19.8 Å². The molecule has 2 aromatic rings. The van der Waals surface area contributed by atoms with Gasteiger partial charge in [0.2, 0.25) is 5.88 Å². The molecule has 4 nitrogen and oxygen atoms in total. The van der Waals surface area contributed by atoms with Gasteiger partial charge in [-0.15, -0.1) is 0 Å². The van der Waals surface area contributed by atoms with E-state index in [-0.39, 0.29) is 18.5 Å². The number of aliphatic hydroxyl groups is 1. The Labute approximate surface area is 117 Å². The SMILES string of the molecule is COc1ccc(C(CO)Nc2cc(C)cc(F)c2)cn1. The van der Waals surface area contributed by atoms with Crippen molar-refractivity contribution in [3.8, 4) is 5.88 Å². The number of pyridine rings is 1. The molecular weight excluding hydrogens is 259 g/mol. The van der Waals surface area contributed by atoms with Gasteiger partial charge < -0.3 is 15.2 Å². The van der Waals surface area contributed by atoms with Crippen molar-refractivity contribution in [3.63, 3.8) is 0 Å². The number of aliphatic hydroxyl groups excluding tert-OH is 1. The molecule has 0 aliphatic rings. The Morgan fingerprint density at radius 2 is 2.15 bits per heavy atom. The van der Waals surface area contributed by atoms with E-state index in [1.807, 2.05) is 19.1 Å². The predicted octanol–water partition coefficient (Wildman–Crippen LogP) is 2.68. The van der Waals surface area contributed by atoms with E-state index in [0.717, 1.165) is 11.1 Å². The van der Waals surface area contributed by atoms with Crippen LogP contribution in [0.2, 0.25) is 0 Å². The zero-order valence-electron chi connectivity index (χ0n) is 11.4. The molecule has 0 amide bonds. The number of halogens is 1. The van der Waals surface area contributed by atoms with E-state index in [1.54, 1.807) is 19.4 Å². The van der Waals surface area contributed by atoms with Gasteiger partial charge >= 0.3 is 0 Å². The molecule has 1 aromatic heterocycles. The van der Waals surface area contributed by atoms with E-state index in [2.05, 4.69) is 10.3 Å². The van der Waals surface area contributed by atoms with Crippen LogP contribution in [-0.2, 0) is 0 Å². The van der Waals surface area contributed by atoms with Crippen molar-refractivity contribution in [2.45, 2.75) is 13.0 Å². The summed E-state index contributed by atoms with van der Waals surface area (Å²) in [7, 11) is 1.54. The van der Waals surface area contributed by atoms with Crippen molar-refractivity contribution in [1.82, 2.24) is 4.98 Å². The second kappa shape index (κ2) is 6.34. The van der Waals surface area contributed by atoms with Crippen LogP contribution in [0.15, 0.2) is 36.5 Å². The summed E-state index contributed by atoms with van der Waals surface area (Å²) < 4.78 is 18.3. The summed E-state index contributed by atoms with van der Waals surface area (Å²) in [6.07, 6.45) is 1.62. The van der Waals surface area contributed by atoms with Gasteiger partial charge in [-0.2, -0.15) is 0 Å². The maximum Gasteiger partial charge on any atom is 0.212 e. The van der Waals surface area contributed by atoms with Crippen LogP contribution in [-0.4, -0.2) is 23.8 Å². The molecule has 0 saturated heterocycles. The lowest BCUT2D eigenvalue weighted by Gasteiger charge is -2.18. The summed E-state index contributed by atoms with van der Waals surface area (Å²) in [6.45, 7) is 1.70. The van der Waals surface area contributed by atoms with Crippen LogP contribution < -0.4 is 10.1 Å². The first-order valence-corrected chi connectivity index (χ1v) is 6.27. The van der Waals surface area contributed by atoms with Crippen LogP contribution in [0.5, 0.6) is 5.88 Å². The first kappa shape index (κ1) is 14.3. The molecule has 1 atom stereocenters. The van der Waals surface area contributed by atoms with Gasteiger partial charge in [0.25, 0.3) is 0 Å². The molecule has 0 bridgehead atoms. The minimum absolute atomic E-state index is 0.121. The number of hydrogen-bond acceptors (Lipinski definition) is 4. The third-order valence-electron chi connectivity index (χ3n) is 2.94. The van der Waals surface area contributed by atoms with E-state index >= 15 is 0 Å². The fraction of sp³-hybridized carbons (Fsp3) is 0.267. The maximum absolute atomic E-state index is 13.4. The van der Waals surface area contributed by atoms with Crippen molar-refractivity contribution < 1.29 is 14.2 Å². The third-order valence-corrected chi connectivity index (χ3v) is 2.94. The number of benzene rings is 1. The van der Waals surface area contributed by atoms with Crippen LogP contribution in [0.25, 0.3) is 0 Å². The molecule has 1 heterocycles. The highest BCUT2D eigenvalue weighted by molar-refractivity contribution is 5.48. The lowest BCUT2D eigenvalue weighted by atomic mass is 10.1. The molecular formula is C15H17FN2O2. The molecule has 1 unspecified atom stereocenters. The highest BCUT2D eigenvalue weighted by Gasteiger charge is 2.11. The molecule has 20 heavy (non-hydrogen) atoms. The molecule has 1 aromatic carbocycles. The molecule has 5 heteroatoms. The first-order valence-electron chi connectivity index (χ1n) is 6.27. The topological polar surface area (TPSA) is 54.4 Å². The average molecular weight is 276 g/mol.